The number of carbonyl (C=O) groups is 1. The van der Waals surface area contributed by atoms with Crippen LogP contribution in [0.25, 0.3) is 5.65 Å². The number of fused-ring (bicyclic) bond motifs is 1. The van der Waals surface area contributed by atoms with E-state index in [9.17, 15) is 4.79 Å². The van der Waals surface area contributed by atoms with Crippen LogP contribution in [0.5, 0.6) is 11.5 Å². The van der Waals surface area contributed by atoms with Gasteiger partial charge in [-0.1, -0.05) is 6.07 Å². The van der Waals surface area contributed by atoms with Crippen molar-refractivity contribution in [2.75, 3.05) is 13.7 Å². The molecular formula is C20H23N3O3. The molecule has 136 valence electrons. The van der Waals surface area contributed by atoms with E-state index in [1.54, 1.807) is 7.11 Å². The minimum atomic E-state index is -0.00268. The maximum atomic E-state index is 12.0. The monoisotopic (exact) mass is 353 g/mol. The number of carbonyl (C=O) groups excluding carboxylic acids is 1. The summed E-state index contributed by atoms with van der Waals surface area (Å²) >= 11 is 0. The van der Waals surface area contributed by atoms with Crippen molar-refractivity contribution in [1.29, 1.82) is 0 Å². The molecule has 0 unspecified atom stereocenters. The molecule has 0 aliphatic rings. The first-order valence-corrected chi connectivity index (χ1v) is 8.62. The molecule has 0 atom stereocenters. The zero-order chi connectivity index (χ0) is 18.4. The number of hydrogen-bond donors (Lipinski definition) is 1. The second kappa shape index (κ2) is 8.38. The molecule has 0 aliphatic carbocycles. The summed E-state index contributed by atoms with van der Waals surface area (Å²) in [7, 11) is 1.63. The van der Waals surface area contributed by atoms with Crippen LogP contribution in [-0.4, -0.2) is 29.0 Å². The van der Waals surface area contributed by atoms with E-state index in [1.165, 1.54) is 0 Å². The van der Waals surface area contributed by atoms with E-state index in [0.717, 1.165) is 28.4 Å². The molecule has 0 aliphatic heterocycles. The Hall–Kier alpha value is -3.02. The Morgan fingerprint density at radius 3 is 2.69 bits per heavy atom. The summed E-state index contributed by atoms with van der Waals surface area (Å²) in [5.41, 5.74) is 2.88. The van der Waals surface area contributed by atoms with Crippen LogP contribution in [0, 0.1) is 6.92 Å². The molecule has 2 heterocycles. The highest BCUT2D eigenvalue weighted by Gasteiger charge is 2.06. The summed E-state index contributed by atoms with van der Waals surface area (Å²) in [5, 5.41) is 2.91. The Balaban J connectivity index is 1.39. The van der Waals surface area contributed by atoms with Crippen LogP contribution in [0.1, 0.15) is 24.1 Å². The van der Waals surface area contributed by atoms with E-state index in [0.29, 0.717) is 26.0 Å². The first-order chi connectivity index (χ1) is 12.7. The fraction of sp³-hybridized carbons (Fsp3) is 0.300. The van der Waals surface area contributed by atoms with Gasteiger partial charge in [-0.05, 0) is 49.2 Å². The third-order valence-electron chi connectivity index (χ3n) is 4.07. The number of ether oxygens (including phenoxy) is 2. The molecular weight excluding hydrogens is 330 g/mol. The lowest BCUT2D eigenvalue weighted by Gasteiger charge is -2.07. The molecule has 0 radical (unpaired) electrons. The summed E-state index contributed by atoms with van der Waals surface area (Å²) in [6.45, 7) is 2.94. The van der Waals surface area contributed by atoms with Crippen LogP contribution in [0.2, 0.25) is 0 Å². The van der Waals surface area contributed by atoms with Crippen molar-refractivity contribution in [2.24, 2.45) is 0 Å². The van der Waals surface area contributed by atoms with Gasteiger partial charge in [-0.15, -0.1) is 0 Å². The normalized spacial score (nSPS) is 10.7. The quantitative estimate of drug-likeness (QED) is 0.632. The number of pyridine rings is 1. The maximum Gasteiger partial charge on any atom is 0.220 e. The fourth-order valence-corrected chi connectivity index (χ4v) is 2.66. The van der Waals surface area contributed by atoms with Crippen molar-refractivity contribution in [3.63, 3.8) is 0 Å². The smallest absolute Gasteiger partial charge is 0.220 e. The lowest BCUT2D eigenvalue weighted by molar-refractivity contribution is -0.121. The summed E-state index contributed by atoms with van der Waals surface area (Å²) in [4.78, 5) is 16.5. The largest absolute Gasteiger partial charge is 0.497 e. The van der Waals surface area contributed by atoms with Crippen molar-refractivity contribution in [3.8, 4) is 11.5 Å². The second-order valence-corrected chi connectivity index (χ2v) is 6.06. The van der Waals surface area contributed by atoms with Crippen LogP contribution < -0.4 is 14.8 Å². The minimum Gasteiger partial charge on any atom is -0.497 e. The van der Waals surface area contributed by atoms with Gasteiger partial charge in [0.2, 0.25) is 5.91 Å². The minimum absolute atomic E-state index is 0.00268. The molecule has 1 N–H and O–H groups in total. The van der Waals surface area contributed by atoms with Gasteiger partial charge in [0.05, 0.1) is 26.0 Å². The molecule has 1 amide bonds. The average molecular weight is 353 g/mol. The second-order valence-electron chi connectivity index (χ2n) is 6.06. The molecule has 1 aromatic carbocycles. The van der Waals surface area contributed by atoms with Crippen molar-refractivity contribution in [1.82, 2.24) is 14.7 Å². The summed E-state index contributed by atoms with van der Waals surface area (Å²) in [6.07, 6.45) is 4.97. The third-order valence-corrected chi connectivity index (χ3v) is 4.07. The highest BCUT2D eigenvalue weighted by atomic mass is 16.5. The molecule has 0 bridgehead atoms. The van der Waals surface area contributed by atoms with Crippen LogP contribution in [0.15, 0.2) is 48.8 Å². The van der Waals surface area contributed by atoms with Crippen molar-refractivity contribution >= 4 is 11.6 Å². The van der Waals surface area contributed by atoms with Crippen LogP contribution in [0.4, 0.5) is 0 Å². The molecule has 0 fully saturated rings. The maximum absolute atomic E-state index is 12.0. The lowest BCUT2D eigenvalue weighted by Crippen LogP contribution is -2.23. The standard InChI is InChI=1S/C20H23N3O3/c1-15-5-3-11-23-14-16(22-20(15)23)13-21-19(24)6-4-12-26-18-9-7-17(25-2)8-10-18/h3,5,7-11,14H,4,6,12-13H2,1-2H3,(H,21,24). The highest BCUT2D eigenvalue weighted by molar-refractivity contribution is 5.75. The predicted octanol–water partition coefficient (Wildman–Crippen LogP) is 3.13. The zero-order valence-electron chi connectivity index (χ0n) is 15.1. The van der Waals surface area contributed by atoms with E-state index in [2.05, 4.69) is 10.3 Å². The fourth-order valence-electron chi connectivity index (χ4n) is 2.66. The lowest BCUT2D eigenvalue weighted by atomic mass is 10.3. The van der Waals surface area contributed by atoms with E-state index in [-0.39, 0.29) is 5.91 Å². The summed E-state index contributed by atoms with van der Waals surface area (Å²) < 4.78 is 12.7. The van der Waals surface area contributed by atoms with Crippen LogP contribution in [-0.2, 0) is 11.3 Å². The molecule has 3 rings (SSSR count). The van der Waals surface area contributed by atoms with Crippen LogP contribution >= 0.6 is 0 Å². The molecule has 2 aromatic heterocycles. The Morgan fingerprint density at radius 1 is 1.19 bits per heavy atom. The van der Waals surface area contributed by atoms with Gasteiger partial charge in [-0.2, -0.15) is 0 Å². The Labute approximate surface area is 152 Å². The number of hydrogen-bond acceptors (Lipinski definition) is 4. The number of methoxy groups -OCH3 is 1. The third kappa shape index (κ3) is 4.53. The van der Waals surface area contributed by atoms with E-state index >= 15 is 0 Å². The number of rotatable bonds is 8. The first kappa shape index (κ1) is 17.8. The molecule has 26 heavy (non-hydrogen) atoms. The van der Waals surface area contributed by atoms with Gasteiger partial charge in [0, 0.05) is 18.8 Å². The Bertz CT molecular complexity index is 872. The number of aryl methyl sites for hydroxylation is 1. The number of amides is 1. The van der Waals surface area contributed by atoms with Gasteiger partial charge in [-0.3, -0.25) is 4.79 Å². The van der Waals surface area contributed by atoms with E-state index < -0.39 is 0 Å². The van der Waals surface area contributed by atoms with Crippen molar-refractivity contribution in [3.05, 3.63) is 60.0 Å². The van der Waals surface area contributed by atoms with E-state index in [4.69, 9.17) is 9.47 Å². The number of aromatic nitrogens is 2. The number of imidazole rings is 1. The van der Waals surface area contributed by atoms with Gasteiger partial charge in [0.1, 0.15) is 17.1 Å². The van der Waals surface area contributed by atoms with Crippen LogP contribution in [0.3, 0.4) is 0 Å². The topological polar surface area (TPSA) is 64.9 Å². The Kier molecular flexibility index (Phi) is 5.73. The number of nitrogens with zero attached hydrogens (tertiary/aromatic N) is 2. The van der Waals surface area contributed by atoms with Crippen molar-refractivity contribution < 1.29 is 14.3 Å². The summed E-state index contributed by atoms with van der Waals surface area (Å²) in [6, 6.07) is 11.4. The average Bonchev–Trinajstić information content (AvgIpc) is 3.09. The molecule has 6 nitrogen and oxygen atoms in total. The van der Waals surface area contributed by atoms with Gasteiger partial charge in [0.15, 0.2) is 0 Å². The molecule has 0 spiro atoms. The molecule has 6 heteroatoms. The SMILES string of the molecule is COc1ccc(OCCCC(=O)NCc2cn3cccc(C)c3n2)cc1. The van der Waals surface area contributed by atoms with Gasteiger partial charge in [-0.25, -0.2) is 4.98 Å². The van der Waals surface area contributed by atoms with Crippen molar-refractivity contribution in [2.45, 2.75) is 26.3 Å². The summed E-state index contributed by atoms with van der Waals surface area (Å²) in [5.74, 6) is 1.56. The van der Waals surface area contributed by atoms with Gasteiger partial charge >= 0.3 is 0 Å². The number of benzene rings is 1. The highest BCUT2D eigenvalue weighted by Crippen LogP contribution is 2.17. The van der Waals surface area contributed by atoms with Gasteiger partial charge < -0.3 is 19.2 Å². The Morgan fingerprint density at radius 2 is 1.96 bits per heavy atom. The van der Waals surface area contributed by atoms with E-state index in [1.807, 2.05) is 60.1 Å². The zero-order valence-corrected chi connectivity index (χ0v) is 15.1. The molecule has 3 aromatic rings. The molecule has 0 saturated carbocycles. The molecule has 0 saturated heterocycles. The predicted molar refractivity (Wildman–Crippen MR) is 99.5 cm³/mol. The van der Waals surface area contributed by atoms with Gasteiger partial charge in [0.25, 0.3) is 0 Å². The number of nitrogens with one attached hydrogen (secondary N) is 1. The first-order valence-electron chi connectivity index (χ1n) is 8.62.